The lowest BCUT2D eigenvalue weighted by Gasteiger charge is -2.26. The van der Waals surface area contributed by atoms with Crippen LogP contribution in [-0.2, 0) is 4.79 Å². The van der Waals surface area contributed by atoms with Crippen LogP contribution in [0.4, 0.5) is 0 Å². The van der Waals surface area contributed by atoms with Crippen LogP contribution in [-0.4, -0.2) is 33.7 Å². The van der Waals surface area contributed by atoms with Crippen LogP contribution in [0.5, 0.6) is 0 Å². The van der Waals surface area contributed by atoms with Gasteiger partial charge >= 0.3 is 5.97 Å². The van der Waals surface area contributed by atoms with Gasteiger partial charge in [0.15, 0.2) is 0 Å². The van der Waals surface area contributed by atoms with E-state index in [1.165, 1.54) is 0 Å². The van der Waals surface area contributed by atoms with Gasteiger partial charge in [0.05, 0.1) is 5.41 Å². The molecule has 1 aromatic carbocycles. The van der Waals surface area contributed by atoms with E-state index in [0.29, 0.717) is 35.7 Å². The van der Waals surface area contributed by atoms with Crippen LogP contribution in [0.3, 0.4) is 0 Å². The molecule has 0 radical (unpaired) electrons. The molecule has 0 atom stereocenters. The molecular formula is C17H21N3O4. The zero-order chi connectivity index (χ0) is 17.7. The number of rotatable bonds is 7. The zero-order valence-electron chi connectivity index (χ0n) is 14.0. The predicted molar refractivity (Wildman–Crippen MR) is 87.5 cm³/mol. The minimum atomic E-state index is -0.934. The van der Waals surface area contributed by atoms with Crippen molar-refractivity contribution in [1.29, 1.82) is 0 Å². The smallest absolute Gasteiger partial charge is 0.311 e. The molecule has 0 aliphatic carbocycles. The molecule has 2 rings (SSSR count). The Kier molecular flexibility index (Phi) is 5.33. The second-order valence-corrected chi connectivity index (χ2v) is 5.68. The summed E-state index contributed by atoms with van der Waals surface area (Å²) < 4.78 is 5.33. The normalized spacial score (nSPS) is 11.3. The number of nitrogens with one attached hydrogen (secondary N) is 1. The van der Waals surface area contributed by atoms with Crippen LogP contribution >= 0.6 is 0 Å². The number of carbonyl (C=O) groups excluding carboxylic acids is 1. The van der Waals surface area contributed by atoms with Crippen molar-refractivity contribution in [3.8, 4) is 11.5 Å². The molecule has 0 unspecified atom stereocenters. The van der Waals surface area contributed by atoms with E-state index in [-0.39, 0.29) is 12.5 Å². The Bertz CT molecular complexity index is 718. The van der Waals surface area contributed by atoms with Gasteiger partial charge in [0.25, 0.3) is 5.91 Å². The topological polar surface area (TPSA) is 105 Å². The van der Waals surface area contributed by atoms with Crippen molar-refractivity contribution in [3.63, 3.8) is 0 Å². The summed E-state index contributed by atoms with van der Waals surface area (Å²) in [6, 6.07) is 6.72. The van der Waals surface area contributed by atoms with E-state index >= 15 is 0 Å². The third-order valence-corrected chi connectivity index (χ3v) is 4.31. The number of carboxylic acids is 1. The molecule has 1 heterocycles. The Labute approximate surface area is 140 Å². The summed E-state index contributed by atoms with van der Waals surface area (Å²) in [6.45, 7) is 5.42. The summed E-state index contributed by atoms with van der Waals surface area (Å²) in [5.41, 5.74) is 0.229. The van der Waals surface area contributed by atoms with Gasteiger partial charge in [0.1, 0.15) is 0 Å². The van der Waals surface area contributed by atoms with Crippen molar-refractivity contribution < 1.29 is 19.1 Å². The zero-order valence-corrected chi connectivity index (χ0v) is 14.0. The first-order valence-electron chi connectivity index (χ1n) is 7.84. The number of carboxylic acid groups (broad SMARTS) is 1. The van der Waals surface area contributed by atoms with Crippen molar-refractivity contribution in [2.75, 3.05) is 6.54 Å². The maximum atomic E-state index is 12.2. The molecule has 24 heavy (non-hydrogen) atoms. The molecule has 7 heteroatoms. The molecule has 0 saturated carbocycles. The maximum Gasteiger partial charge on any atom is 0.311 e. The standard InChI is InChI=1S/C17H21N3O4/c1-4-17(5-2,16(22)23)10-18-14(21)12-6-8-13(9-7-12)15-20-19-11(3)24-15/h6-9H,4-5,10H2,1-3H3,(H,18,21)(H,22,23). The SMILES string of the molecule is CCC(CC)(CNC(=O)c1ccc(-c2nnc(C)o2)cc1)C(=O)O. The first kappa shape index (κ1) is 17.7. The third kappa shape index (κ3) is 3.61. The van der Waals surface area contributed by atoms with E-state index in [1.54, 1.807) is 31.2 Å². The van der Waals surface area contributed by atoms with Gasteiger partial charge in [-0.3, -0.25) is 9.59 Å². The fraction of sp³-hybridized carbons (Fsp3) is 0.412. The minimum absolute atomic E-state index is 0.0960. The average molecular weight is 331 g/mol. The second-order valence-electron chi connectivity index (χ2n) is 5.68. The third-order valence-electron chi connectivity index (χ3n) is 4.31. The molecule has 1 aromatic heterocycles. The quantitative estimate of drug-likeness (QED) is 0.808. The van der Waals surface area contributed by atoms with Crippen LogP contribution < -0.4 is 5.32 Å². The Morgan fingerprint density at radius 2 is 1.79 bits per heavy atom. The van der Waals surface area contributed by atoms with Gasteiger partial charge in [-0.05, 0) is 37.1 Å². The molecular weight excluding hydrogens is 310 g/mol. The molecule has 2 aromatic rings. The van der Waals surface area contributed by atoms with Crippen molar-refractivity contribution in [2.45, 2.75) is 33.6 Å². The number of aryl methyl sites for hydroxylation is 1. The van der Waals surface area contributed by atoms with Crippen molar-refractivity contribution in [1.82, 2.24) is 15.5 Å². The number of amides is 1. The van der Waals surface area contributed by atoms with E-state index in [1.807, 2.05) is 13.8 Å². The number of hydrogen-bond acceptors (Lipinski definition) is 5. The largest absolute Gasteiger partial charge is 0.481 e. The van der Waals surface area contributed by atoms with Gasteiger partial charge in [0.2, 0.25) is 11.8 Å². The lowest BCUT2D eigenvalue weighted by molar-refractivity contribution is -0.149. The summed E-state index contributed by atoms with van der Waals surface area (Å²) in [5, 5.41) is 19.8. The molecule has 2 N–H and O–H groups in total. The number of carbonyl (C=O) groups is 2. The molecule has 1 amide bonds. The molecule has 0 spiro atoms. The van der Waals surface area contributed by atoms with E-state index < -0.39 is 11.4 Å². The van der Waals surface area contributed by atoms with Gasteiger partial charge in [-0.2, -0.15) is 0 Å². The van der Waals surface area contributed by atoms with E-state index in [4.69, 9.17) is 4.42 Å². The van der Waals surface area contributed by atoms with Crippen molar-refractivity contribution in [3.05, 3.63) is 35.7 Å². The Hall–Kier alpha value is -2.70. The second kappa shape index (κ2) is 7.25. The Morgan fingerprint density at radius 3 is 2.25 bits per heavy atom. The lowest BCUT2D eigenvalue weighted by Crippen LogP contribution is -2.42. The fourth-order valence-electron chi connectivity index (χ4n) is 2.41. The highest BCUT2D eigenvalue weighted by Crippen LogP contribution is 2.26. The Balaban J connectivity index is 2.06. The predicted octanol–water partition coefficient (Wildman–Crippen LogP) is 2.67. The highest BCUT2D eigenvalue weighted by atomic mass is 16.4. The molecule has 0 aliphatic heterocycles. The van der Waals surface area contributed by atoms with Gasteiger partial charge < -0.3 is 14.8 Å². The van der Waals surface area contributed by atoms with Gasteiger partial charge in [-0.1, -0.05) is 13.8 Å². The molecule has 128 valence electrons. The van der Waals surface area contributed by atoms with E-state index in [0.717, 1.165) is 0 Å². The Morgan fingerprint density at radius 1 is 1.17 bits per heavy atom. The lowest BCUT2D eigenvalue weighted by atomic mass is 9.82. The summed E-state index contributed by atoms with van der Waals surface area (Å²) >= 11 is 0. The molecule has 0 fully saturated rings. The summed E-state index contributed by atoms with van der Waals surface area (Å²) in [4.78, 5) is 23.7. The number of nitrogens with zero attached hydrogens (tertiary/aromatic N) is 2. The summed E-state index contributed by atoms with van der Waals surface area (Å²) in [7, 11) is 0. The molecule has 0 saturated heterocycles. The average Bonchev–Trinajstić information content (AvgIpc) is 3.02. The highest BCUT2D eigenvalue weighted by Gasteiger charge is 2.35. The summed E-state index contributed by atoms with van der Waals surface area (Å²) in [6.07, 6.45) is 0.906. The van der Waals surface area contributed by atoms with E-state index in [2.05, 4.69) is 15.5 Å². The molecule has 7 nitrogen and oxygen atoms in total. The fourth-order valence-corrected chi connectivity index (χ4v) is 2.41. The first-order valence-corrected chi connectivity index (χ1v) is 7.84. The first-order chi connectivity index (χ1) is 11.4. The molecule has 0 bridgehead atoms. The van der Waals surface area contributed by atoms with E-state index in [9.17, 15) is 14.7 Å². The number of benzene rings is 1. The highest BCUT2D eigenvalue weighted by molar-refractivity contribution is 5.94. The van der Waals surface area contributed by atoms with Gasteiger partial charge in [-0.15, -0.1) is 10.2 Å². The van der Waals surface area contributed by atoms with Crippen LogP contribution in [0.25, 0.3) is 11.5 Å². The number of aromatic nitrogens is 2. The van der Waals surface area contributed by atoms with Crippen LogP contribution in [0.1, 0.15) is 42.9 Å². The van der Waals surface area contributed by atoms with Crippen LogP contribution in [0, 0.1) is 12.3 Å². The molecule has 0 aliphatic rings. The van der Waals surface area contributed by atoms with Crippen LogP contribution in [0.15, 0.2) is 28.7 Å². The minimum Gasteiger partial charge on any atom is -0.481 e. The monoisotopic (exact) mass is 331 g/mol. The number of aliphatic carboxylic acids is 1. The number of hydrogen-bond donors (Lipinski definition) is 2. The van der Waals surface area contributed by atoms with Gasteiger partial charge in [0, 0.05) is 24.6 Å². The van der Waals surface area contributed by atoms with Crippen LogP contribution in [0.2, 0.25) is 0 Å². The summed E-state index contributed by atoms with van der Waals surface area (Å²) in [5.74, 6) is -0.344. The van der Waals surface area contributed by atoms with Gasteiger partial charge in [-0.25, -0.2) is 0 Å². The van der Waals surface area contributed by atoms with Crippen molar-refractivity contribution >= 4 is 11.9 Å². The van der Waals surface area contributed by atoms with Crippen molar-refractivity contribution in [2.24, 2.45) is 5.41 Å². The maximum absolute atomic E-state index is 12.2.